The number of methoxy groups -OCH3 is 1. The largest absolute Gasteiger partial charge is 0.497 e. The second-order valence-corrected chi connectivity index (χ2v) is 9.81. The number of nitrogens with zero attached hydrogens (tertiary/aromatic N) is 1. The summed E-state index contributed by atoms with van der Waals surface area (Å²) in [6.07, 6.45) is 0. The highest BCUT2D eigenvalue weighted by Gasteiger charge is 2.11. The lowest BCUT2D eigenvalue weighted by Crippen LogP contribution is -2.14. The fraction of sp³-hybridized carbons (Fsp3) is 0.160. The molecule has 0 aliphatic rings. The number of thioether (sulfide) groups is 1. The Morgan fingerprint density at radius 1 is 0.970 bits per heavy atom. The van der Waals surface area contributed by atoms with E-state index in [1.54, 1.807) is 31.4 Å². The van der Waals surface area contributed by atoms with Crippen molar-refractivity contribution in [2.75, 3.05) is 23.5 Å². The molecule has 4 aromatic rings. The van der Waals surface area contributed by atoms with Crippen LogP contribution >= 0.6 is 23.1 Å². The van der Waals surface area contributed by atoms with E-state index in [1.807, 2.05) is 44.2 Å². The smallest absolute Gasteiger partial charge is 0.255 e. The Hall–Kier alpha value is -3.36. The van der Waals surface area contributed by atoms with Crippen LogP contribution in [0.15, 0.2) is 65.0 Å². The maximum Gasteiger partial charge on any atom is 0.255 e. The van der Waals surface area contributed by atoms with Crippen molar-refractivity contribution in [2.45, 2.75) is 18.2 Å². The van der Waals surface area contributed by atoms with Crippen LogP contribution in [-0.4, -0.2) is 29.7 Å². The monoisotopic (exact) mass is 477 g/mol. The summed E-state index contributed by atoms with van der Waals surface area (Å²) in [6, 6.07) is 18.6. The molecule has 1 heterocycles. The molecular formula is C25H23N3O3S2. The molecule has 0 saturated carbocycles. The summed E-state index contributed by atoms with van der Waals surface area (Å²) in [5.74, 6) is 0.612. The predicted molar refractivity (Wildman–Crippen MR) is 136 cm³/mol. The molecular weight excluding hydrogens is 454 g/mol. The number of rotatable bonds is 7. The maximum absolute atomic E-state index is 12.6. The number of ether oxygens (including phenoxy) is 1. The molecule has 6 nitrogen and oxygen atoms in total. The molecule has 2 N–H and O–H groups in total. The average molecular weight is 478 g/mol. The molecule has 1 aromatic heterocycles. The Morgan fingerprint density at radius 2 is 1.76 bits per heavy atom. The summed E-state index contributed by atoms with van der Waals surface area (Å²) in [4.78, 5) is 29.5. The van der Waals surface area contributed by atoms with E-state index in [2.05, 4.69) is 21.7 Å². The third-order valence-corrected chi connectivity index (χ3v) is 6.95. The minimum Gasteiger partial charge on any atom is -0.497 e. The zero-order valence-corrected chi connectivity index (χ0v) is 20.1. The summed E-state index contributed by atoms with van der Waals surface area (Å²) >= 11 is 2.89. The van der Waals surface area contributed by atoms with Crippen LogP contribution in [0.3, 0.4) is 0 Å². The molecule has 0 bridgehead atoms. The van der Waals surface area contributed by atoms with Gasteiger partial charge in [-0.2, -0.15) is 0 Å². The van der Waals surface area contributed by atoms with E-state index in [0.717, 1.165) is 31.4 Å². The molecule has 0 radical (unpaired) electrons. The van der Waals surface area contributed by atoms with Crippen molar-refractivity contribution in [1.82, 2.24) is 4.98 Å². The number of fused-ring (bicyclic) bond motifs is 1. The van der Waals surface area contributed by atoms with Gasteiger partial charge < -0.3 is 15.4 Å². The average Bonchev–Trinajstić information content (AvgIpc) is 3.19. The third-order valence-electron chi connectivity index (χ3n) is 4.79. The topological polar surface area (TPSA) is 80.3 Å². The molecule has 168 valence electrons. The fourth-order valence-electron chi connectivity index (χ4n) is 3.38. The van der Waals surface area contributed by atoms with Gasteiger partial charge in [-0.25, -0.2) is 4.98 Å². The van der Waals surface area contributed by atoms with Crippen LogP contribution < -0.4 is 15.4 Å². The van der Waals surface area contributed by atoms with Crippen LogP contribution in [0.5, 0.6) is 5.75 Å². The van der Waals surface area contributed by atoms with E-state index >= 15 is 0 Å². The second-order valence-electron chi connectivity index (χ2n) is 7.56. The normalized spacial score (nSPS) is 10.8. The van der Waals surface area contributed by atoms with Crippen molar-refractivity contribution in [1.29, 1.82) is 0 Å². The molecule has 2 amide bonds. The van der Waals surface area contributed by atoms with Crippen LogP contribution in [-0.2, 0) is 4.79 Å². The lowest BCUT2D eigenvalue weighted by atomic mass is 10.1. The minimum absolute atomic E-state index is 0.0736. The van der Waals surface area contributed by atoms with E-state index in [4.69, 9.17) is 4.74 Å². The summed E-state index contributed by atoms with van der Waals surface area (Å²) < 4.78 is 6.92. The van der Waals surface area contributed by atoms with Gasteiger partial charge in [-0.3, -0.25) is 9.59 Å². The predicted octanol–water partition coefficient (Wildman–Crippen LogP) is 5.90. The molecule has 0 aliphatic heterocycles. The molecule has 0 aliphatic carbocycles. The first-order valence-corrected chi connectivity index (χ1v) is 12.1. The first-order chi connectivity index (χ1) is 15.9. The highest BCUT2D eigenvalue weighted by atomic mass is 32.2. The lowest BCUT2D eigenvalue weighted by molar-refractivity contribution is -0.113. The van der Waals surface area contributed by atoms with Crippen LogP contribution in [0, 0.1) is 13.8 Å². The molecule has 33 heavy (non-hydrogen) atoms. The quantitative estimate of drug-likeness (QED) is 0.324. The molecule has 8 heteroatoms. The van der Waals surface area contributed by atoms with E-state index in [9.17, 15) is 9.59 Å². The van der Waals surface area contributed by atoms with Crippen molar-refractivity contribution < 1.29 is 14.3 Å². The van der Waals surface area contributed by atoms with Crippen LogP contribution in [0.1, 0.15) is 21.5 Å². The Kier molecular flexibility index (Phi) is 6.96. The van der Waals surface area contributed by atoms with Gasteiger partial charge in [0.15, 0.2) is 4.34 Å². The minimum atomic E-state index is -0.213. The van der Waals surface area contributed by atoms with Gasteiger partial charge in [0.2, 0.25) is 5.91 Å². The summed E-state index contributed by atoms with van der Waals surface area (Å²) in [6.45, 7) is 4.01. The Morgan fingerprint density at radius 3 is 2.52 bits per heavy atom. The standard InChI is InChI=1S/C25H23N3O3S2/c1-15-9-16(2)11-19(10-15)26-23(29)14-32-25-28-21-8-7-18(13-22(21)33-25)27-24(30)17-5-4-6-20(12-17)31-3/h4-13H,14H2,1-3H3,(H,26,29)(H,27,30). The highest BCUT2D eigenvalue weighted by Crippen LogP contribution is 2.31. The van der Waals surface area contributed by atoms with Crippen LogP contribution in [0.25, 0.3) is 10.2 Å². The summed E-state index contributed by atoms with van der Waals surface area (Å²) in [5, 5.41) is 5.85. The molecule has 0 unspecified atom stereocenters. The van der Waals surface area contributed by atoms with E-state index < -0.39 is 0 Å². The molecule has 4 rings (SSSR count). The summed E-state index contributed by atoms with van der Waals surface area (Å²) in [7, 11) is 1.57. The number of amides is 2. The summed E-state index contributed by atoms with van der Waals surface area (Å²) in [5.41, 5.74) is 5.06. The number of aromatic nitrogens is 1. The Bertz CT molecular complexity index is 1310. The number of carbonyl (C=O) groups excluding carboxylic acids is 2. The number of carbonyl (C=O) groups is 2. The van der Waals surface area contributed by atoms with Crippen molar-refractivity contribution >= 4 is 56.5 Å². The van der Waals surface area contributed by atoms with Gasteiger partial charge in [-0.15, -0.1) is 11.3 Å². The zero-order chi connectivity index (χ0) is 23.4. The zero-order valence-electron chi connectivity index (χ0n) is 18.5. The Labute approximate surface area is 200 Å². The molecule has 0 saturated heterocycles. The Balaban J connectivity index is 1.39. The second kappa shape index (κ2) is 10.1. The number of nitrogens with one attached hydrogen (secondary N) is 2. The number of hydrogen-bond donors (Lipinski definition) is 2. The molecule has 0 atom stereocenters. The molecule has 0 fully saturated rings. The van der Waals surface area contributed by atoms with E-state index in [1.165, 1.54) is 23.1 Å². The van der Waals surface area contributed by atoms with Crippen molar-refractivity contribution in [3.63, 3.8) is 0 Å². The van der Waals surface area contributed by atoms with Gasteiger partial charge in [0.25, 0.3) is 5.91 Å². The number of aryl methyl sites for hydroxylation is 2. The van der Waals surface area contributed by atoms with Gasteiger partial charge in [0, 0.05) is 16.9 Å². The molecule has 0 spiro atoms. The lowest BCUT2D eigenvalue weighted by Gasteiger charge is -2.06. The number of thiazole rings is 1. The van der Waals surface area contributed by atoms with Crippen molar-refractivity contribution in [2.24, 2.45) is 0 Å². The maximum atomic E-state index is 12.6. The van der Waals surface area contributed by atoms with Gasteiger partial charge >= 0.3 is 0 Å². The van der Waals surface area contributed by atoms with Gasteiger partial charge in [-0.05, 0) is 73.5 Å². The van der Waals surface area contributed by atoms with Crippen LogP contribution in [0.4, 0.5) is 11.4 Å². The first kappa shape index (κ1) is 22.8. The van der Waals surface area contributed by atoms with Crippen molar-refractivity contribution in [3.8, 4) is 5.75 Å². The number of benzene rings is 3. The van der Waals surface area contributed by atoms with Gasteiger partial charge in [0.1, 0.15) is 5.75 Å². The molecule has 3 aromatic carbocycles. The highest BCUT2D eigenvalue weighted by molar-refractivity contribution is 8.01. The van der Waals surface area contributed by atoms with Crippen molar-refractivity contribution in [3.05, 3.63) is 77.4 Å². The van der Waals surface area contributed by atoms with Crippen LogP contribution in [0.2, 0.25) is 0 Å². The first-order valence-electron chi connectivity index (χ1n) is 10.3. The van der Waals surface area contributed by atoms with E-state index in [0.29, 0.717) is 17.0 Å². The van der Waals surface area contributed by atoms with Gasteiger partial charge in [0.05, 0.1) is 23.1 Å². The van der Waals surface area contributed by atoms with E-state index in [-0.39, 0.29) is 17.6 Å². The van der Waals surface area contributed by atoms with Gasteiger partial charge in [-0.1, -0.05) is 23.9 Å². The number of hydrogen-bond acceptors (Lipinski definition) is 6. The SMILES string of the molecule is COc1cccc(C(=O)Nc2ccc3nc(SCC(=O)Nc4cc(C)cc(C)c4)sc3c2)c1. The number of anilines is 2. The fourth-order valence-corrected chi connectivity index (χ4v) is 5.29. The third kappa shape index (κ3) is 5.91.